The molecule has 0 saturated heterocycles. The van der Waals surface area contributed by atoms with Crippen LogP contribution in [0.4, 0.5) is 10.7 Å². The molecule has 3 N–H and O–H groups in total. The number of nitrogens with one attached hydrogen (secondary N) is 1. The van der Waals surface area contributed by atoms with E-state index in [-0.39, 0.29) is 29.4 Å². The van der Waals surface area contributed by atoms with E-state index in [0.29, 0.717) is 10.7 Å². The van der Waals surface area contributed by atoms with E-state index in [0.717, 1.165) is 4.88 Å². The third-order valence-corrected chi connectivity index (χ3v) is 5.01. The standard InChI is InChI=1S/C15H19N5O4S/c1-7(2)11-5-10(14(16)22)15(25-11)17-12(21)6-19-9(4)13(20(23)24)8(3)18-19/h5,7H,6H2,1-4H3,(H2,16,22)(H,17,21). The molecule has 0 bridgehead atoms. The zero-order chi connectivity index (χ0) is 18.9. The minimum absolute atomic E-state index is 0.108. The highest BCUT2D eigenvalue weighted by Gasteiger charge is 2.23. The van der Waals surface area contributed by atoms with Crippen LogP contribution in [0.1, 0.15) is 46.4 Å². The van der Waals surface area contributed by atoms with Crippen LogP contribution in [-0.4, -0.2) is 26.5 Å². The Morgan fingerprint density at radius 1 is 1.44 bits per heavy atom. The van der Waals surface area contributed by atoms with Crippen LogP contribution in [0.25, 0.3) is 0 Å². The first kappa shape index (κ1) is 18.6. The SMILES string of the molecule is Cc1nn(CC(=O)Nc2sc(C(C)C)cc2C(N)=O)c(C)c1[N+](=O)[O-]. The maximum atomic E-state index is 12.3. The van der Waals surface area contributed by atoms with Crippen molar-refractivity contribution in [2.24, 2.45) is 5.73 Å². The van der Waals surface area contributed by atoms with Crippen molar-refractivity contribution in [1.82, 2.24) is 9.78 Å². The molecule has 0 radical (unpaired) electrons. The minimum Gasteiger partial charge on any atom is -0.366 e. The molecule has 0 aliphatic carbocycles. The molecule has 2 heterocycles. The van der Waals surface area contributed by atoms with Crippen molar-refractivity contribution >= 4 is 33.8 Å². The van der Waals surface area contributed by atoms with E-state index < -0.39 is 16.7 Å². The highest BCUT2D eigenvalue weighted by molar-refractivity contribution is 7.16. The van der Waals surface area contributed by atoms with Gasteiger partial charge in [-0.3, -0.25) is 24.4 Å². The van der Waals surface area contributed by atoms with Gasteiger partial charge in [-0.05, 0) is 25.8 Å². The van der Waals surface area contributed by atoms with Crippen LogP contribution in [-0.2, 0) is 11.3 Å². The molecule has 0 spiro atoms. The van der Waals surface area contributed by atoms with Crippen molar-refractivity contribution in [3.8, 4) is 0 Å². The lowest BCUT2D eigenvalue weighted by molar-refractivity contribution is -0.386. The van der Waals surface area contributed by atoms with Crippen LogP contribution in [0.3, 0.4) is 0 Å². The van der Waals surface area contributed by atoms with Crippen LogP contribution in [0, 0.1) is 24.0 Å². The van der Waals surface area contributed by atoms with E-state index in [1.807, 2.05) is 13.8 Å². The van der Waals surface area contributed by atoms with Gasteiger partial charge in [-0.2, -0.15) is 5.10 Å². The number of thiophene rings is 1. The summed E-state index contributed by atoms with van der Waals surface area (Å²) in [5.74, 6) is -0.882. The molecule has 0 aromatic carbocycles. The fourth-order valence-corrected chi connectivity index (χ4v) is 3.46. The largest absolute Gasteiger partial charge is 0.366 e. The Hall–Kier alpha value is -2.75. The van der Waals surface area contributed by atoms with Gasteiger partial charge in [0, 0.05) is 4.88 Å². The van der Waals surface area contributed by atoms with Crippen LogP contribution < -0.4 is 11.1 Å². The number of aryl methyl sites for hydroxylation is 1. The number of amides is 2. The van der Waals surface area contributed by atoms with E-state index in [2.05, 4.69) is 10.4 Å². The molecule has 0 saturated carbocycles. The number of aromatic nitrogens is 2. The first-order valence-corrected chi connectivity index (χ1v) is 8.35. The lowest BCUT2D eigenvalue weighted by Crippen LogP contribution is -2.21. The Morgan fingerprint density at radius 2 is 2.08 bits per heavy atom. The first-order valence-electron chi connectivity index (χ1n) is 7.53. The van der Waals surface area contributed by atoms with Gasteiger partial charge in [-0.25, -0.2) is 0 Å². The van der Waals surface area contributed by atoms with Gasteiger partial charge >= 0.3 is 5.69 Å². The van der Waals surface area contributed by atoms with Gasteiger partial charge in [-0.15, -0.1) is 11.3 Å². The van der Waals surface area contributed by atoms with E-state index in [1.165, 1.54) is 29.9 Å². The predicted molar refractivity (Wildman–Crippen MR) is 93.9 cm³/mol. The molecule has 0 fully saturated rings. The number of primary amides is 1. The number of carbonyl (C=O) groups excluding carboxylic acids is 2. The smallest absolute Gasteiger partial charge is 0.312 e. The second kappa shape index (κ2) is 7.01. The monoisotopic (exact) mass is 365 g/mol. The van der Waals surface area contributed by atoms with E-state index >= 15 is 0 Å². The highest BCUT2D eigenvalue weighted by Crippen LogP contribution is 2.32. The highest BCUT2D eigenvalue weighted by atomic mass is 32.1. The predicted octanol–water partition coefficient (Wildman–Crippen LogP) is 2.33. The summed E-state index contributed by atoms with van der Waals surface area (Å²) in [5, 5.41) is 18.1. The second-order valence-electron chi connectivity index (χ2n) is 5.89. The molecule has 0 unspecified atom stereocenters. The lowest BCUT2D eigenvalue weighted by atomic mass is 10.1. The molecule has 2 aromatic rings. The van der Waals surface area contributed by atoms with Crippen molar-refractivity contribution in [1.29, 1.82) is 0 Å². The molecular formula is C15H19N5O4S. The number of nitro groups is 1. The van der Waals surface area contributed by atoms with E-state index in [4.69, 9.17) is 5.73 Å². The third kappa shape index (κ3) is 3.85. The van der Waals surface area contributed by atoms with Crippen molar-refractivity contribution in [2.45, 2.75) is 40.2 Å². The van der Waals surface area contributed by atoms with Gasteiger partial charge in [0.15, 0.2) is 0 Å². The Kier molecular flexibility index (Phi) is 5.21. The van der Waals surface area contributed by atoms with Gasteiger partial charge in [0.2, 0.25) is 5.91 Å². The molecule has 2 rings (SSSR count). The van der Waals surface area contributed by atoms with Gasteiger partial charge in [-0.1, -0.05) is 13.8 Å². The number of hydrogen-bond donors (Lipinski definition) is 2. The second-order valence-corrected chi connectivity index (χ2v) is 6.98. The van der Waals surface area contributed by atoms with Crippen LogP contribution in [0.15, 0.2) is 6.07 Å². The summed E-state index contributed by atoms with van der Waals surface area (Å²) in [7, 11) is 0. The minimum atomic E-state index is -0.625. The molecule has 25 heavy (non-hydrogen) atoms. The zero-order valence-corrected chi connectivity index (χ0v) is 15.1. The molecule has 9 nitrogen and oxygen atoms in total. The van der Waals surface area contributed by atoms with E-state index in [9.17, 15) is 19.7 Å². The van der Waals surface area contributed by atoms with E-state index in [1.54, 1.807) is 6.07 Å². The molecule has 2 aromatic heterocycles. The van der Waals surface area contributed by atoms with Crippen LogP contribution in [0.5, 0.6) is 0 Å². The van der Waals surface area contributed by atoms with Gasteiger partial charge in [0.05, 0.1) is 10.5 Å². The summed E-state index contributed by atoms with van der Waals surface area (Å²) in [6.45, 7) is 6.78. The maximum absolute atomic E-state index is 12.3. The summed E-state index contributed by atoms with van der Waals surface area (Å²) in [4.78, 5) is 35.3. The third-order valence-electron chi connectivity index (χ3n) is 3.66. The molecule has 10 heteroatoms. The fraction of sp³-hybridized carbons (Fsp3) is 0.400. The van der Waals surface area contributed by atoms with Gasteiger partial charge in [0.25, 0.3) is 5.91 Å². The average molecular weight is 365 g/mol. The van der Waals surface area contributed by atoms with Crippen molar-refractivity contribution < 1.29 is 14.5 Å². The topological polar surface area (TPSA) is 133 Å². The van der Waals surface area contributed by atoms with Crippen LogP contribution >= 0.6 is 11.3 Å². The summed E-state index contributed by atoms with van der Waals surface area (Å²) in [6, 6.07) is 1.67. The number of rotatable bonds is 6. The normalized spacial score (nSPS) is 10.9. The van der Waals surface area contributed by atoms with Crippen molar-refractivity contribution in [3.63, 3.8) is 0 Å². The molecule has 0 aliphatic heterocycles. The fourth-order valence-electron chi connectivity index (χ4n) is 2.38. The van der Waals surface area contributed by atoms with Crippen molar-refractivity contribution in [3.05, 3.63) is 38.0 Å². The molecule has 134 valence electrons. The zero-order valence-electron chi connectivity index (χ0n) is 14.3. The Labute approximate surface area is 148 Å². The van der Waals surface area contributed by atoms with Gasteiger partial charge < -0.3 is 11.1 Å². The lowest BCUT2D eigenvalue weighted by Gasteiger charge is -2.06. The summed E-state index contributed by atoms with van der Waals surface area (Å²) in [5.41, 5.74) is 6.04. The molecule has 0 atom stereocenters. The average Bonchev–Trinajstić information content (AvgIpc) is 3.01. The quantitative estimate of drug-likeness (QED) is 0.598. The number of anilines is 1. The molecule has 0 aliphatic rings. The summed E-state index contributed by atoms with van der Waals surface area (Å²) < 4.78 is 1.27. The number of hydrogen-bond acceptors (Lipinski definition) is 6. The Balaban J connectivity index is 2.23. The van der Waals surface area contributed by atoms with Gasteiger partial charge in [0.1, 0.15) is 22.9 Å². The summed E-state index contributed by atoms with van der Waals surface area (Å²) >= 11 is 1.28. The Bertz CT molecular complexity index is 852. The van der Waals surface area contributed by atoms with Crippen LogP contribution in [0.2, 0.25) is 0 Å². The Morgan fingerprint density at radius 3 is 2.56 bits per heavy atom. The number of carbonyl (C=O) groups is 2. The number of nitrogens with zero attached hydrogens (tertiary/aromatic N) is 3. The number of nitrogens with two attached hydrogens (primary N) is 1. The molecular weight excluding hydrogens is 346 g/mol. The van der Waals surface area contributed by atoms with Crippen molar-refractivity contribution in [2.75, 3.05) is 5.32 Å². The first-order chi connectivity index (χ1) is 11.6. The summed E-state index contributed by atoms with van der Waals surface area (Å²) in [6.07, 6.45) is 0. The molecule has 2 amide bonds. The maximum Gasteiger partial charge on any atom is 0.312 e.